The van der Waals surface area contributed by atoms with E-state index in [0.29, 0.717) is 17.4 Å². The Kier molecular flexibility index (Phi) is 6.30. The van der Waals surface area contributed by atoms with E-state index in [9.17, 15) is 8.42 Å². The number of aryl methyl sites for hydroxylation is 1. The molecule has 0 bridgehead atoms. The number of benzene rings is 1. The SMILES string of the molecule is CC(C)c1ccc2ccc(CCCCNS(=O)(=O)c3ccccc3)c-2cc1. The first-order chi connectivity index (χ1) is 13.0. The Morgan fingerprint density at radius 2 is 1.56 bits per heavy atom. The van der Waals surface area contributed by atoms with Gasteiger partial charge in [-0.25, -0.2) is 13.1 Å². The lowest BCUT2D eigenvalue weighted by molar-refractivity contribution is 0.577. The van der Waals surface area contributed by atoms with E-state index >= 15 is 0 Å². The maximum atomic E-state index is 12.2. The lowest BCUT2D eigenvalue weighted by Crippen LogP contribution is -2.24. The second kappa shape index (κ2) is 8.68. The van der Waals surface area contributed by atoms with Crippen LogP contribution in [0, 0.1) is 0 Å². The Balaban J connectivity index is 1.54. The van der Waals surface area contributed by atoms with E-state index in [0.717, 1.165) is 19.3 Å². The molecule has 142 valence electrons. The fourth-order valence-corrected chi connectivity index (χ4v) is 4.35. The Hall–Kier alpha value is -2.17. The standard InChI is InChI=1S/C23H27NO2S/c1-18(2)19-11-12-21-14-13-20(23(21)16-15-19)8-6-7-17-24-27(25,26)22-9-4-3-5-10-22/h3-5,9-16,18,24H,6-8,17H2,1-2H3. The van der Waals surface area contributed by atoms with E-state index in [2.05, 4.69) is 55.0 Å². The van der Waals surface area contributed by atoms with Crippen LogP contribution in [0.4, 0.5) is 0 Å². The van der Waals surface area contributed by atoms with Crippen molar-refractivity contribution in [3.05, 3.63) is 77.9 Å². The minimum atomic E-state index is -3.40. The molecule has 2 aliphatic rings. The number of fused-ring (bicyclic) bond motifs is 1. The third kappa shape index (κ3) is 4.96. The Morgan fingerprint density at radius 3 is 2.30 bits per heavy atom. The van der Waals surface area contributed by atoms with E-state index in [1.54, 1.807) is 24.3 Å². The first-order valence-corrected chi connectivity index (χ1v) is 11.0. The summed E-state index contributed by atoms with van der Waals surface area (Å²) in [5, 5.41) is 0. The van der Waals surface area contributed by atoms with Gasteiger partial charge in [0.25, 0.3) is 0 Å². The quantitative estimate of drug-likeness (QED) is 0.544. The molecule has 0 atom stereocenters. The van der Waals surface area contributed by atoms with Crippen molar-refractivity contribution in [2.24, 2.45) is 0 Å². The van der Waals surface area contributed by atoms with Crippen LogP contribution in [-0.4, -0.2) is 15.0 Å². The van der Waals surface area contributed by atoms with Gasteiger partial charge in [0, 0.05) is 6.54 Å². The summed E-state index contributed by atoms with van der Waals surface area (Å²) >= 11 is 0. The van der Waals surface area contributed by atoms with Crippen LogP contribution in [0.15, 0.2) is 71.6 Å². The number of hydrogen-bond acceptors (Lipinski definition) is 2. The number of sulfonamides is 1. The molecule has 0 amide bonds. The van der Waals surface area contributed by atoms with E-state index in [1.165, 1.54) is 22.3 Å². The van der Waals surface area contributed by atoms with E-state index in [1.807, 2.05) is 6.07 Å². The van der Waals surface area contributed by atoms with Crippen molar-refractivity contribution in [3.8, 4) is 11.1 Å². The maximum absolute atomic E-state index is 12.2. The predicted octanol–water partition coefficient (Wildman–Crippen LogP) is 5.22. The molecule has 0 aliphatic heterocycles. The van der Waals surface area contributed by atoms with Crippen LogP contribution in [0.3, 0.4) is 0 Å². The Bertz CT molecular complexity index is 949. The number of rotatable bonds is 8. The molecule has 0 saturated heterocycles. The van der Waals surface area contributed by atoms with Crippen molar-refractivity contribution >= 4 is 10.0 Å². The molecule has 3 nitrogen and oxygen atoms in total. The van der Waals surface area contributed by atoms with Crippen LogP contribution in [0.2, 0.25) is 0 Å². The fourth-order valence-electron chi connectivity index (χ4n) is 3.26. The second-order valence-electron chi connectivity index (χ2n) is 7.22. The summed E-state index contributed by atoms with van der Waals surface area (Å²) in [5.41, 5.74) is 5.24. The predicted molar refractivity (Wildman–Crippen MR) is 112 cm³/mol. The van der Waals surface area contributed by atoms with Gasteiger partial charge in [0.1, 0.15) is 0 Å². The van der Waals surface area contributed by atoms with Crippen molar-refractivity contribution in [2.45, 2.75) is 43.9 Å². The molecule has 1 aromatic rings. The van der Waals surface area contributed by atoms with Crippen molar-refractivity contribution < 1.29 is 8.42 Å². The molecule has 0 radical (unpaired) electrons. The highest BCUT2D eigenvalue weighted by Gasteiger charge is 2.12. The molecule has 4 heteroatoms. The zero-order valence-electron chi connectivity index (χ0n) is 16.0. The Labute approximate surface area is 162 Å². The molecule has 1 aromatic carbocycles. The van der Waals surface area contributed by atoms with Gasteiger partial charge in [-0.2, -0.15) is 0 Å². The van der Waals surface area contributed by atoms with Crippen molar-refractivity contribution in [3.63, 3.8) is 0 Å². The zero-order valence-corrected chi connectivity index (χ0v) is 16.8. The molecule has 0 fully saturated rings. The molecular formula is C23H27NO2S. The van der Waals surface area contributed by atoms with Crippen LogP contribution in [0.25, 0.3) is 11.1 Å². The number of hydrogen-bond donors (Lipinski definition) is 1. The topological polar surface area (TPSA) is 46.2 Å². The Morgan fingerprint density at radius 1 is 0.852 bits per heavy atom. The highest BCUT2D eigenvalue weighted by Crippen LogP contribution is 2.29. The highest BCUT2D eigenvalue weighted by molar-refractivity contribution is 7.89. The molecule has 0 unspecified atom stereocenters. The average molecular weight is 382 g/mol. The summed E-state index contributed by atoms with van der Waals surface area (Å²) in [6.07, 6.45) is 2.72. The first-order valence-electron chi connectivity index (χ1n) is 9.53. The van der Waals surface area contributed by atoms with Gasteiger partial charge in [-0.3, -0.25) is 0 Å². The third-order valence-corrected chi connectivity index (χ3v) is 6.38. The van der Waals surface area contributed by atoms with E-state index < -0.39 is 10.0 Å². The van der Waals surface area contributed by atoms with Gasteiger partial charge >= 0.3 is 0 Å². The zero-order chi connectivity index (χ0) is 19.3. The smallest absolute Gasteiger partial charge is 0.211 e. The normalized spacial score (nSPS) is 12.0. The average Bonchev–Trinajstić information content (AvgIpc) is 2.90. The molecule has 1 N–H and O–H groups in total. The minimum Gasteiger partial charge on any atom is -0.211 e. The lowest BCUT2D eigenvalue weighted by Gasteiger charge is -2.07. The van der Waals surface area contributed by atoms with Gasteiger partial charge in [0.15, 0.2) is 0 Å². The molecule has 0 saturated carbocycles. The molecule has 0 heterocycles. The van der Waals surface area contributed by atoms with Crippen LogP contribution in [0.5, 0.6) is 0 Å². The summed E-state index contributed by atoms with van der Waals surface area (Å²) < 4.78 is 27.1. The second-order valence-corrected chi connectivity index (χ2v) is 8.98. The van der Waals surface area contributed by atoms with E-state index in [-0.39, 0.29) is 0 Å². The van der Waals surface area contributed by atoms with Crippen LogP contribution >= 0.6 is 0 Å². The van der Waals surface area contributed by atoms with Crippen LogP contribution in [0.1, 0.15) is 43.7 Å². The molecular weight excluding hydrogens is 354 g/mol. The third-order valence-electron chi connectivity index (χ3n) is 4.90. The first kappa shape index (κ1) is 19.6. The molecule has 3 rings (SSSR count). The van der Waals surface area contributed by atoms with Gasteiger partial charge < -0.3 is 0 Å². The monoisotopic (exact) mass is 381 g/mol. The lowest BCUT2D eigenvalue weighted by atomic mass is 10.0. The van der Waals surface area contributed by atoms with Gasteiger partial charge in [-0.1, -0.05) is 68.4 Å². The van der Waals surface area contributed by atoms with Crippen molar-refractivity contribution in [1.82, 2.24) is 4.72 Å². The van der Waals surface area contributed by atoms with Crippen LogP contribution < -0.4 is 4.72 Å². The van der Waals surface area contributed by atoms with Crippen LogP contribution in [-0.2, 0) is 16.4 Å². The molecule has 0 aromatic heterocycles. The minimum absolute atomic E-state index is 0.320. The van der Waals surface area contributed by atoms with Gasteiger partial charge in [-0.15, -0.1) is 0 Å². The summed E-state index contributed by atoms with van der Waals surface area (Å²) in [4.78, 5) is 0.320. The van der Waals surface area contributed by atoms with Gasteiger partial charge in [-0.05, 0) is 59.6 Å². The summed E-state index contributed by atoms with van der Waals surface area (Å²) in [5.74, 6) is 0.516. The molecule has 2 aliphatic carbocycles. The van der Waals surface area contributed by atoms with Crippen molar-refractivity contribution in [1.29, 1.82) is 0 Å². The van der Waals surface area contributed by atoms with E-state index in [4.69, 9.17) is 0 Å². The summed E-state index contributed by atoms with van der Waals surface area (Å²) in [6, 6.07) is 21.7. The van der Waals surface area contributed by atoms with Gasteiger partial charge in [0.2, 0.25) is 10.0 Å². The van der Waals surface area contributed by atoms with Gasteiger partial charge in [0.05, 0.1) is 4.90 Å². The number of unbranched alkanes of at least 4 members (excludes halogenated alkanes) is 1. The number of nitrogens with one attached hydrogen (secondary N) is 1. The van der Waals surface area contributed by atoms with Crippen molar-refractivity contribution in [2.75, 3.05) is 6.54 Å². The molecule has 27 heavy (non-hydrogen) atoms. The molecule has 0 spiro atoms. The summed E-state index contributed by atoms with van der Waals surface area (Å²) in [6.45, 7) is 4.87. The summed E-state index contributed by atoms with van der Waals surface area (Å²) in [7, 11) is -3.40. The maximum Gasteiger partial charge on any atom is 0.240 e. The largest absolute Gasteiger partial charge is 0.240 e. The fraction of sp³-hybridized carbons (Fsp3) is 0.304. The highest BCUT2D eigenvalue weighted by atomic mass is 32.2.